The molecule has 0 saturated heterocycles. The Morgan fingerprint density at radius 1 is 1.35 bits per heavy atom. The Kier molecular flexibility index (Phi) is 3.79. The molecule has 0 aliphatic carbocycles. The fraction of sp³-hybridized carbons (Fsp3) is 0. The SMILES string of the molecule is O=C(NNc1ccccc1Cl)Nc1nccs1. The first-order valence-corrected chi connectivity index (χ1v) is 5.98. The maximum absolute atomic E-state index is 11.4. The van der Waals surface area contributed by atoms with Gasteiger partial charge >= 0.3 is 6.03 Å². The van der Waals surface area contributed by atoms with Gasteiger partial charge in [0.2, 0.25) is 0 Å². The topological polar surface area (TPSA) is 66.1 Å². The number of nitrogens with one attached hydrogen (secondary N) is 3. The third-order valence-corrected chi connectivity index (χ3v) is 2.86. The third kappa shape index (κ3) is 3.33. The molecular weight excluding hydrogens is 260 g/mol. The first kappa shape index (κ1) is 11.7. The van der Waals surface area contributed by atoms with Crippen LogP contribution in [0.5, 0.6) is 0 Å². The van der Waals surface area contributed by atoms with E-state index in [1.165, 1.54) is 11.3 Å². The minimum absolute atomic E-state index is 0.403. The standard InChI is InChI=1S/C10H9ClN4OS/c11-7-3-1-2-4-8(7)14-15-9(16)13-10-12-5-6-17-10/h1-6,14H,(H2,12,13,15,16). The van der Waals surface area contributed by atoms with E-state index in [1.54, 1.807) is 23.7 Å². The van der Waals surface area contributed by atoms with E-state index in [9.17, 15) is 4.79 Å². The number of carbonyl (C=O) groups excluding carboxylic acids is 1. The first-order valence-electron chi connectivity index (χ1n) is 4.73. The average Bonchev–Trinajstić information content (AvgIpc) is 2.81. The molecule has 2 amide bonds. The smallest absolute Gasteiger partial charge is 0.296 e. The number of hydrogen-bond acceptors (Lipinski definition) is 4. The molecule has 0 aliphatic rings. The van der Waals surface area contributed by atoms with Gasteiger partial charge in [0.05, 0.1) is 10.7 Å². The lowest BCUT2D eigenvalue weighted by Gasteiger charge is -2.09. The summed E-state index contributed by atoms with van der Waals surface area (Å²) in [7, 11) is 0. The highest BCUT2D eigenvalue weighted by Gasteiger charge is 2.03. The van der Waals surface area contributed by atoms with Crippen LogP contribution >= 0.6 is 22.9 Å². The van der Waals surface area contributed by atoms with Gasteiger partial charge in [0.25, 0.3) is 0 Å². The van der Waals surface area contributed by atoms with Crippen LogP contribution < -0.4 is 16.2 Å². The fourth-order valence-corrected chi connectivity index (χ4v) is 1.81. The number of halogens is 1. The Labute approximate surface area is 107 Å². The predicted octanol–water partition coefficient (Wildman–Crippen LogP) is 2.95. The minimum atomic E-state index is -0.403. The molecule has 0 fully saturated rings. The fourth-order valence-electron chi connectivity index (χ4n) is 1.10. The predicted molar refractivity (Wildman–Crippen MR) is 69.3 cm³/mol. The van der Waals surface area contributed by atoms with E-state index < -0.39 is 6.03 Å². The Hall–Kier alpha value is -1.79. The highest BCUT2D eigenvalue weighted by atomic mass is 35.5. The zero-order valence-electron chi connectivity index (χ0n) is 8.61. The van der Waals surface area contributed by atoms with Crippen LogP contribution in [0.1, 0.15) is 0 Å². The quantitative estimate of drug-likeness (QED) is 0.750. The summed E-state index contributed by atoms with van der Waals surface area (Å²) in [6.07, 6.45) is 1.61. The van der Waals surface area contributed by atoms with E-state index >= 15 is 0 Å². The summed E-state index contributed by atoms with van der Waals surface area (Å²) in [6.45, 7) is 0. The highest BCUT2D eigenvalue weighted by Crippen LogP contribution is 2.19. The molecule has 0 saturated carbocycles. The molecule has 1 aromatic carbocycles. The molecule has 2 rings (SSSR count). The number of aromatic nitrogens is 1. The van der Waals surface area contributed by atoms with Gasteiger partial charge < -0.3 is 0 Å². The number of para-hydroxylation sites is 1. The second kappa shape index (κ2) is 5.51. The molecule has 5 nitrogen and oxygen atoms in total. The third-order valence-electron chi connectivity index (χ3n) is 1.84. The maximum atomic E-state index is 11.4. The first-order chi connectivity index (χ1) is 8.25. The van der Waals surface area contributed by atoms with Crippen molar-refractivity contribution in [2.75, 3.05) is 10.7 Å². The molecule has 1 heterocycles. The van der Waals surface area contributed by atoms with Gasteiger partial charge in [-0.1, -0.05) is 23.7 Å². The average molecular weight is 269 g/mol. The van der Waals surface area contributed by atoms with Crippen LogP contribution in [-0.4, -0.2) is 11.0 Å². The van der Waals surface area contributed by atoms with Crippen molar-refractivity contribution < 1.29 is 4.79 Å². The van der Waals surface area contributed by atoms with E-state index in [0.29, 0.717) is 15.8 Å². The van der Waals surface area contributed by atoms with E-state index in [4.69, 9.17) is 11.6 Å². The van der Waals surface area contributed by atoms with Gasteiger partial charge in [-0.05, 0) is 12.1 Å². The van der Waals surface area contributed by atoms with Crippen molar-refractivity contribution in [1.82, 2.24) is 10.4 Å². The number of nitrogens with zero attached hydrogens (tertiary/aromatic N) is 1. The Bertz CT molecular complexity index is 503. The van der Waals surface area contributed by atoms with Crippen LogP contribution in [0, 0.1) is 0 Å². The van der Waals surface area contributed by atoms with Gasteiger partial charge in [-0.25, -0.2) is 9.78 Å². The minimum Gasteiger partial charge on any atom is -0.296 e. The second-order valence-electron chi connectivity index (χ2n) is 3.02. The second-order valence-corrected chi connectivity index (χ2v) is 4.32. The molecule has 0 bridgehead atoms. The van der Waals surface area contributed by atoms with Crippen molar-refractivity contribution in [1.29, 1.82) is 0 Å². The Balaban J connectivity index is 1.86. The molecule has 7 heteroatoms. The number of hydrazine groups is 1. The van der Waals surface area contributed by atoms with Crippen LogP contribution in [0.2, 0.25) is 5.02 Å². The summed E-state index contributed by atoms with van der Waals surface area (Å²) >= 11 is 7.25. The molecule has 3 N–H and O–H groups in total. The van der Waals surface area contributed by atoms with Crippen molar-refractivity contribution in [3.63, 3.8) is 0 Å². The summed E-state index contributed by atoms with van der Waals surface area (Å²) in [5.74, 6) is 0. The molecule has 88 valence electrons. The number of rotatable bonds is 3. The molecule has 1 aromatic heterocycles. The number of thiazole rings is 1. The molecule has 0 atom stereocenters. The molecule has 17 heavy (non-hydrogen) atoms. The number of amides is 2. The van der Waals surface area contributed by atoms with Gasteiger partial charge in [0.1, 0.15) is 0 Å². The van der Waals surface area contributed by atoms with E-state index in [2.05, 4.69) is 21.2 Å². The summed E-state index contributed by atoms with van der Waals surface area (Å²) < 4.78 is 0. The number of urea groups is 1. The Morgan fingerprint density at radius 2 is 2.18 bits per heavy atom. The van der Waals surface area contributed by atoms with Gasteiger partial charge in [-0.2, -0.15) is 0 Å². The lowest BCUT2D eigenvalue weighted by Crippen LogP contribution is -2.33. The molecule has 0 unspecified atom stereocenters. The number of hydrogen-bond donors (Lipinski definition) is 3. The van der Waals surface area contributed by atoms with Gasteiger partial charge in [0.15, 0.2) is 5.13 Å². The zero-order chi connectivity index (χ0) is 12.1. The Morgan fingerprint density at radius 3 is 2.88 bits per heavy atom. The lowest BCUT2D eigenvalue weighted by molar-refractivity contribution is 0.254. The summed E-state index contributed by atoms with van der Waals surface area (Å²) in [4.78, 5) is 15.4. The summed E-state index contributed by atoms with van der Waals surface area (Å²) in [6, 6.07) is 6.70. The van der Waals surface area contributed by atoms with E-state index in [0.717, 1.165) is 0 Å². The lowest BCUT2D eigenvalue weighted by atomic mass is 10.3. The van der Waals surface area contributed by atoms with Crippen molar-refractivity contribution in [2.24, 2.45) is 0 Å². The summed E-state index contributed by atoms with van der Waals surface area (Å²) in [5.41, 5.74) is 5.80. The van der Waals surface area contributed by atoms with Gasteiger partial charge in [0, 0.05) is 11.6 Å². The highest BCUT2D eigenvalue weighted by molar-refractivity contribution is 7.13. The van der Waals surface area contributed by atoms with Crippen molar-refractivity contribution in [3.05, 3.63) is 40.9 Å². The van der Waals surface area contributed by atoms with Crippen molar-refractivity contribution >= 4 is 39.8 Å². The van der Waals surface area contributed by atoms with Crippen LogP contribution in [0.25, 0.3) is 0 Å². The molecular formula is C10H9ClN4OS. The molecule has 0 aliphatic heterocycles. The van der Waals surface area contributed by atoms with Gasteiger partial charge in [-0.15, -0.1) is 11.3 Å². The van der Waals surface area contributed by atoms with Crippen LogP contribution in [0.4, 0.5) is 15.6 Å². The number of anilines is 2. The number of carbonyl (C=O) groups is 1. The molecule has 0 radical (unpaired) electrons. The van der Waals surface area contributed by atoms with Crippen molar-refractivity contribution in [3.8, 4) is 0 Å². The van der Waals surface area contributed by atoms with Crippen molar-refractivity contribution in [2.45, 2.75) is 0 Å². The van der Waals surface area contributed by atoms with Crippen LogP contribution in [-0.2, 0) is 0 Å². The van der Waals surface area contributed by atoms with Gasteiger partial charge in [-0.3, -0.25) is 16.2 Å². The number of benzene rings is 1. The maximum Gasteiger partial charge on any atom is 0.339 e. The monoisotopic (exact) mass is 268 g/mol. The molecule has 2 aromatic rings. The zero-order valence-corrected chi connectivity index (χ0v) is 10.2. The van der Waals surface area contributed by atoms with E-state index in [-0.39, 0.29) is 0 Å². The van der Waals surface area contributed by atoms with E-state index in [1.807, 2.05) is 12.1 Å². The normalized spacial score (nSPS) is 9.71. The molecule has 0 spiro atoms. The van der Waals surface area contributed by atoms with Crippen LogP contribution in [0.3, 0.4) is 0 Å². The summed E-state index contributed by atoms with van der Waals surface area (Å²) in [5, 5.41) is 5.40. The van der Waals surface area contributed by atoms with Crippen LogP contribution in [0.15, 0.2) is 35.8 Å². The largest absolute Gasteiger partial charge is 0.339 e.